The molecule has 1 unspecified atom stereocenters. The maximum absolute atomic E-state index is 12.5. The van der Waals surface area contributed by atoms with Crippen molar-refractivity contribution in [3.05, 3.63) is 64.7 Å². The third-order valence-electron chi connectivity index (χ3n) is 3.42. The van der Waals surface area contributed by atoms with Gasteiger partial charge < -0.3 is 15.6 Å². The highest BCUT2D eigenvalue weighted by molar-refractivity contribution is 5.95. The number of primary amides is 1. The molecule has 7 heteroatoms. The first kappa shape index (κ1) is 17.8. The highest BCUT2D eigenvalue weighted by Crippen LogP contribution is 2.30. The smallest absolute Gasteiger partial charge is 0.416 e. The van der Waals surface area contributed by atoms with Crippen LogP contribution in [0.15, 0.2) is 42.5 Å². The normalized spacial score (nSPS) is 12.7. The van der Waals surface area contributed by atoms with E-state index < -0.39 is 23.8 Å². The zero-order chi connectivity index (χ0) is 17.9. The van der Waals surface area contributed by atoms with Crippen LogP contribution in [0.3, 0.4) is 0 Å². The van der Waals surface area contributed by atoms with E-state index in [1.165, 1.54) is 18.2 Å². The molecule has 3 N–H and O–H groups in total. The Labute approximate surface area is 136 Å². The largest absolute Gasteiger partial charge is 0.490 e. The van der Waals surface area contributed by atoms with Crippen LogP contribution in [-0.4, -0.2) is 17.6 Å². The third kappa shape index (κ3) is 4.26. The number of aliphatic hydroxyl groups is 1. The van der Waals surface area contributed by atoms with Gasteiger partial charge in [0.25, 0.3) is 5.91 Å². The van der Waals surface area contributed by atoms with Crippen LogP contribution in [0, 0.1) is 6.92 Å². The maximum Gasteiger partial charge on any atom is 0.416 e. The van der Waals surface area contributed by atoms with Crippen molar-refractivity contribution < 1.29 is 27.8 Å². The molecule has 0 saturated heterocycles. The summed E-state index contributed by atoms with van der Waals surface area (Å²) in [5.41, 5.74) is 5.73. The standard InChI is InChI=1S/C17H16F3NO3/c1-10-2-7-13(16(21)23)15(8-10)24-9-14(22)11-3-5-12(6-4-11)17(18,19)20/h2-8,14,22H,9H2,1H3,(H2,21,23). The molecule has 0 spiro atoms. The molecule has 0 aliphatic rings. The summed E-state index contributed by atoms with van der Waals surface area (Å²) in [6, 6.07) is 8.95. The Morgan fingerprint density at radius 2 is 1.83 bits per heavy atom. The van der Waals surface area contributed by atoms with Crippen molar-refractivity contribution in [3.8, 4) is 5.75 Å². The fraction of sp³-hybridized carbons (Fsp3) is 0.235. The van der Waals surface area contributed by atoms with E-state index in [9.17, 15) is 23.1 Å². The highest BCUT2D eigenvalue weighted by atomic mass is 19.4. The Bertz CT molecular complexity index is 727. The second-order valence-electron chi connectivity index (χ2n) is 5.31. The Morgan fingerprint density at radius 1 is 1.21 bits per heavy atom. The minimum absolute atomic E-state index is 0.167. The number of alkyl halides is 3. The number of amides is 1. The molecule has 0 bridgehead atoms. The van der Waals surface area contributed by atoms with Crippen LogP contribution in [0.1, 0.15) is 33.2 Å². The molecule has 2 aromatic rings. The second-order valence-corrected chi connectivity index (χ2v) is 5.31. The number of halogens is 3. The van der Waals surface area contributed by atoms with Crippen LogP contribution in [0.5, 0.6) is 5.75 Å². The summed E-state index contributed by atoms with van der Waals surface area (Å²) in [4.78, 5) is 11.4. The monoisotopic (exact) mass is 339 g/mol. The van der Waals surface area contributed by atoms with Crippen molar-refractivity contribution in [1.82, 2.24) is 0 Å². The van der Waals surface area contributed by atoms with E-state index in [1.54, 1.807) is 19.1 Å². The van der Waals surface area contributed by atoms with Gasteiger partial charge >= 0.3 is 6.18 Å². The molecule has 2 aromatic carbocycles. The van der Waals surface area contributed by atoms with Crippen molar-refractivity contribution >= 4 is 5.91 Å². The van der Waals surface area contributed by atoms with Crippen molar-refractivity contribution in [2.45, 2.75) is 19.2 Å². The van der Waals surface area contributed by atoms with Crippen LogP contribution >= 0.6 is 0 Å². The second kappa shape index (κ2) is 6.92. The Kier molecular flexibility index (Phi) is 5.14. The number of carbonyl (C=O) groups excluding carboxylic acids is 1. The van der Waals surface area contributed by atoms with Crippen molar-refractivity contribution in [1.29, 1.82) is 0 Å². The van der Waals surface area contributed by atoms with Gasteiger partial charge in [-0.3, -0.25) is 4.79 Å². The molecule has 0 aliphatic heterocycles. The average Bonchev–Trinajstić information content (AvgIpc) is 2.51. The molecule has 1 atom stereocenters. The lowest BCUT2D eigenvalue weighted by molar-refractivity contribution is -0.137. The lowest BCUT2D eigenvalue weighted by Gasteiger charge is -2.15. The lowest BCUT2D eigenvalue weighted by atomic mass is 10.1. The molecule has 2 rings (SSSR count). The molecular weight excluding hydrogens is 323 g/mol. The first-order valence-corrected chi connectivity index (χ1v) is 7.07. The summed E-state index contributed by atoms with van der Waals surface area (Å²) in [6.45, 7) is 1.57. The molecule has 128 valence electrons. The number of aryl methyl sites for hydroxylation is 1. The molecule has 0 radical (unpaired) electrons. The van der Waals surface area contributed by atoms with Crippen LogP contribution < -0.4 is 10.5 Å². The van der Waals surface area contributed by atoms with E-state index in [1.807, 2.05) is 0 Å². The number of carbonyl (C=O) groups is 1. The summed E-state index contributed by atoms with van der Waals surface area (Å²) in [7, 11) is 0. The van der Waals surface area contributed by atoms with Crippen molar-refractivity contribution in [2.75, 3.05) is 6.61 Å². The molecule has 4 nitrogen and oxygen atoms in total. The number of ether oxygens (including phenoxy) is 1. The summed E-state index contributed by atoms with van der Waals surface area (Å²) in [6.07, 6.45) is -5.58. The van der Waals surface area contributed by atoms with Gasteiger partial charge in [-0.25, -0.2) is 0 Å². The van der Waals surface area contributed by atoms with E-state index in [2.05, 4.69) is 0 Å². The van der Waals surface area contributed by atoms with Gasteiger partial charge in [0.1, 0.15) is 18.5 Å². The number of benzene rings is 2. The van der Waals surface area contributed by atoms with E-state index in [0.29, 0.717) is 0 Å². The fourth-order valence-corrected chi connectivity index (χ4v) is 2.11. The van der Waals surface area contributed by atoms with Crippen LogP contribution in [0.2, 0.25) is 0 Å². The number of nitrogens with two attached hydrogens (primary N) is 1. The van der Waals surface area contributed by atoms with Gasteiger partial charge in [0.05, 0.1) is 11.1 Å². The number of aliphatic hydroxyl groups excluding tert-OH is 1. The van der Waals surface area contributed by atoms with Gasteiger partial charge in [-0.15, -0.1) is 0 Å². The molecular formula is C17H16F3NO3. The summed E-state index contributed by atoms with van der Waals surface area (Å²) >= 11 is 0. The summed E-state index contributed by atoms with van der Waals surface area (Å²) in [5.74, 6) is -0.456. The number of rotatable bonds is 5. The van der Waals surface area contributed by atoms with Crippen molar-refractivity contribution in [2.24, 2.45) is 5.73 Å². The predicted octanol–water partition coefficient (Wildman–Crippen LogP) is 3.23. The topological polar surface area (TPSA) is 72.6 Å². The average molecular weight is 339 g/mol. The summed E-state index contributed by atoms with van der Waals surface area (Å²) in [5, 5.41) is 10.1. The van der Waals surface area contributed by atoms with Gasteiger partial charge in [0, 0.05) is 0 Å². The number of hydrogen-bond acceptors (Lipinski definition) is 3. The Hall–Kier alpha value is -2.54. The zero-order valence-corrected chi connectivity index (χ0v) is 12.8. The van der Waals surface area contributed by atoms with Crippen LogP contribution in [0.4, 0.5) is 13.2 Å². The van der Waals surface area contributed by atoms with Gasteiger partial charge in [0.15, 0.2) is 0 Å². The Balaban J connectivity index is 2.10. The molecule has 0 saturated carbocycles. The molecule has 0 aromatic heterocycles. The quantitative estimate of drug-likeness (QED) is 0.878. The molecule has 24 heavy (non-hydrogen) atoms. The lowest BCUT2D eigenvalue weighted by Crippen LogP contribution is -2.16. The fourth-order valence-electron chi connectivity index (χ4n) is 2.11. The SMILES string of the molecule is Cc1ccc(C(N)=O)c(OCC(O)c2ccc(C(F)(F)F)cc2)c1. The van der Waals surface area contributed by atoms with Gasteiger partial charge in [0.2, 0.25) is 0 Å². The van der Waals surface area contributed by atoms with Gasteiger partial charge in [-0.1, -0.05) is 18.2 Å². The van der Waals surface area contributed by atoms with E-state index in [-0.39, 0.29) is 23.5 Å². The first-order chi connectivity index (χ1) is 11.2. The molecule has 0 heterocycles. The zero-order valence-electron chi connectivity index (χ0n) is 12.8. The van der Waals surface area contributed by atoms with E-state index in [0.717, 1.165) is 17.7 Å². The number of hydrogen-bond donors (Lipinski definition) is 2. The van der Waals surface area contributed by atoms with Gasteiger partial charge in [-0.2, -0.15) is 13.2 Å². The minimum atomic E-state index is -4.43. The minimum Gasteiger partial charge on any atom is -0.490 e. The molecule has 0 aliphatic carbocycles. The molecule has 0 fully saturated rings. The van der Waals surface area contributed by atoms with Crippen molar-refractivity contribution in [3.63, 3.8) is 0 Å². The van der Waals surface area contributed by atoms with E-state index in [4.69, 9.17) is 10.5 Å². The predicted molar refractivity (Wildman–Crippen MR) is 81.6 cm³/mol. The van der Waals surface area contributed by atoms with Crippen LogP contribution in [0.25, 0.3) is 0 Å². The highest BCUT2D eigenvalue weighted by Gasteiger charge is 2.30. The van der Waals surface area contributed by atoms with E-state index >= 15 is 0 Å². The first-order valence-electron chi connectivity index (χ1n) is 7.07. The summed E-state index contributed by atoms with van der Waals surface area (Å²) < 4.78 is 43.0. The Morgan fingerprint density at radius 3 is 2.38 bits per heavy atom. The van der Waals surface area contributed by atoms with Crippen LogP contribution in [-0.2, 0) is 6.18 Å². The van der Waals surface area contributed by atoms with Gasteiger partial charge in [-0.05, 0) is 42.3 Å². The third-order valence-corrected chi connectivity index (χ3v) is 3.42. The molecule has 1 amide bonds. The maximum atomic E-state index is 12.5.